The van der Waals surface area contributed by atoms with Crippen LogP contribution in [0, 0.1) is 5.92 Å². The van der Waals surface area contributed by atoms with Gasteiger partial charge in [0.1, 0.15) is 0 Å². The Balaban J connectivity index is 1.70. The van der Waals surface area contributed by atoms with E-state index >= 15 is 0 Å². The Bertz CT molecular complexity index is 1300. The number of hydrogen-bond donors (Lipinski definition) is 1. The number of hydrogen-bond acceptors (Lipinski definition) is 7. The summed E-state index contributed by atoms with van der Waals surface area (Å²) in [6, 6.07) is 14.8. The van der Waals surface area contributed by atoms with Crippen LogP contribution in [-0.4, -0.2) is 37.7 Å². The molecule has 1 saturated carbocycles. The van der Waals surface area contributed by atoms with Gasteiger partial charge in [0.25, 0.3) is 0 Å². The van der Waals surface area contributed by atoms with Crippen molar-refractivity contribution in [2.75, 3.05) is 17.6 Å². The van der Waals surface area contributed by atoms with E-state index in [0.29, 0.717) is 23.2 Å². The van der Waals surface area contributed by atoms with Gasteiger partial charge in [0.15, 0.2) is 5.78 Å². The number of aromatic nitrogens is 2. The number of Topliss-reactive ketones (excluding diaryl/α,β-unsaturated/α-hetero) is 1. The monoisotopic (exact) mass is 496 g/mol. The molecular formula is C26H32N4O4S. The van der Waals surface area contributed by atoms with Crippen molar-refractivity contribution in [3.8, 4) is 11.5 Å². The Morgan fingerprint density at radius 1 is 1.11 bits per heavy atom. The molecule has 1 aliphatic carbocycles. The Labute approximate surface area is 206 Å². The molecule has 0 spiro atoms. The van der Waals surface area contributed by atoms with Crippen LogP contribution >= 0.6 is 0 Å². The average Bonchev–Trinajstić information content (AvgIpc) is 3.35. The van der Waals surface area contributed by atoms with Crippen LogP contribution in [0.5, 0.6) is 0 Å². The molecule has 0 radical (unpaired) electrons. The van der Waals surface area contributed by atoms with Crippen LogP contribution in [0.25, 0.3) is 11.5 Å². The third-order valence-electron chi connectivity index (χ3n) is 6.61. The Hall–Kier alpha value is -3.04. The second-order valence-corrected chi connectivity index (χ2v) is 11.7. The quantitative estimate of drug-likeness (QED) is 0.461. The smallest absolute Gasteiger partial charge is 0.247 e. The zero-order valence-electron chi connectivity index (χ0n) is 20.4. The van der Waals surface area contributed by atoms with Crippen molar-refractivity contribution in [1.82, 2.24) is 10.2 Å². The van der Waals surface area contributed by atoms with Crippen molar-refractivity contribution in [3.63, 3.8) is 0 Å². The van der Waals surface area contributed by atoms with Crippen LogP contribution in [-0.2, 0) is 22.0 Å². The van der Waals surface area contributed by atoms with Crippen LogP contribution in [0.1, 0.15) is 60.8 Å². The second kappa shape index (κ2) is 9.91. The topological polar surface area (TPSA) is 119 Å². The summed E-state index contributed by atoms with van der Waals surface area (Å²) in [5, 5.41) is 8.38. The lowest BCUT2D eigenvalue weighted by molar-refractivity contribution is 0.0889. The van der Waals surface area contributed by atoms with Crippen molar-refractivity contribution in [2.24, 2.45) is 11.7 Å². The maximum Gasteiger partial charge on any atom is 0.247 e. The number of rotatable bonds is 8. The minimum atomic E-state index is -3.54. The number of sulfonamides is 1. The third kappa shape index (κ3) is 5.79. The summed E-state index contributed by atoms with van der Waals surface area (Å²) >= 11 is 0. The molecule has 0 bridgehead atoms. The highest BCUT2D eigenvalue weighted by molar-refractivity contribution is 7.92. The van der Waals surface area contributed by atoms with Crippen LogP contribution in [0.4, 0.5) is 5.69 Å². The molecule has 0 saturated heterocycles. The lowest BCUT2D eigenvalue weighted by atomic mass is 9.83. The standard InChI is InChI=1S/C26H32N4O4S/c1-26(27,17-18-10-6-4-7-11-18)25-29-28-24(34-25)21-14-20(23(31)19-12-8-5-9-13-19)15-22(16-21)30(2)35(3,32)33/h4,6-7,10-11,14-16,19H,5,8-9,12-13,17,27H2,1-3H3/t26-/m1/s1. The van der Waals surface area contributed by atoms with Gasteiger partial charge < -0.3 is 10.2 Å². The van der Waals surface area contributed by atoms with E-state index in [9.17, 15) is 13.2 Å². The lowest BCUT2D eigenvalue weighted by Crippen LogP contribution is -2.35. The Kier molecular flexibility index (Phi) is 7.10. The van der Waals surface area contributed by atoms with Crippen LogP contribution < -0.4 is 10.0 Å². The zero-order valence-corrected chi connectivity index (χ0v) is 21.2. The molecule has 0 aliphatic heterocycles. The van der Waals surface area contributed by atoms with Crippen molar-refractivity contribution < 1.29 is 17.6 Å². The molecule has 1 aromatic heterocycles. The largest absolute Gasteiger partial charge is 0.419 e. The van der Waals surface area contributed by atoms with E-state index < -0.39 is 15.6 Å². The number of carbonyl (C=O) groups is 1. The summed E-state index contributed by atoms with van der Waals surface area (Å²) in [6.07, 6.45) is 6.49. The number of benzene rings is 2. The van der Waals surface area contributed by atoms with E-state index in [1.807, 2.05) is 37.3 Å². The van der Waals surface area contributed by atoms with Gasteiger partial charge in [-0.2, -0.15) is 0 Å². The molecule has 1 heterocycles. The number of ketones is 1. The van der Waals surface area contributed by atoms with Gasteiger partial charge in [0.2, 0.25) is 21.8 Å². The van der Waals surface area contributed by atoms with Crippen molar-refractivity contribution in [3.05, 3.63) is 65.5 Å². The minimum Gasteiger partial charge on any atom is -0.419 e. The van der Waals surface area contributed by atoms with Crippen molar-refractivity contribution >= 4 is 21.5 Å². The predicted octanol–water partition coefficient (Wildman–Crippen LogP) is 4.31. The highest BCUT2D eigenvalue weighted by atomic mass is 32.2. The number of anilines is 1. The lowest BCUT2D eigenvalue weighted by Gasteiger charge is -2.22. The molecule has 0 unspecified atom stereocenters. The SMILES string of the molecule is CN(c1cc(C(=O)C2CCCCC2)cc(-c2nnc([C@](C)(N)Cc3ccccc3)o2)c1)S(C)(=O)=O. The van der Waals surface area contributed by atoms with Gasteiger partial charge in [-0.25, -0.2) is 8.42 Å². The molecule has 3 aromatic rings. The molecule has 1 aliphatic rings. The van der Waals surface area contributed by atoms with Crippen molar-refractivity contribution in [2.45, 2.75) is 51.0 Å². The highest BCUT2D eigenvalue weighted by Crippen LogP contribution is 2.33. The molecule has 8 nitrogen and oxygen atoms in total. The predicted molar refractivity (Wildman–Crippen MR) is 136 cm³/mol. The Morgan fingerprint density at radius 2 is 1.80 bits per heavy atom. The number of nitrogens with zero attached hydrogens (tertiary/aromatic N) is 3. The third-order valence-corrected chi connectivity index (χ3v) is 7.82. The van der Waals surface area contributed by atoms with E-state index in [0.717, 1.165) is 48.2 Å². The maximum atomic E-state index is 13.3. The first kappa shape index (κ1) is 25.1. The minimum absolute atomic E-state index is 0.0159. The summed E-state index contributed by atoms with van der Waals surface area (Å²) in [5.74, 6) is 0.401. The molecule has 1 fully saturated rings. The van der Waals surface area contributed by atoms with Crippen LogP contribution in [0.15, 0.2) is 52.9 Å². The molecule has 1 atom stereocenters. The molecule has 2 N–H and O–H groups in total. The molecule has 35 heavy (non-hydrogen) atoms. The molecular weight excluding hydrogens is 464 g/mol. The maximum absolute atomic E-state index is 13.3. The summed E-state index contributed by atoms with van der Waals surface area (Å²) < 4.78 is 31.6. The average molecular weight is 497 g/mol. The fourth-order valence-electron chi connectivity index (χ4n) is 4.52. The molecule has 186 valence electrons. The van der Waals surface area contributed by atoms with Gasteiger partial charge in [-0.05, 0) is 49.9 Å². The van der Waals surface area contributed by atoms with E-state index in [4.69, 9.17) is 10.2 Å². The van der Waals surface area contributed by atoms with Gasteiger partial charge in [0.05, 0.1) is 17.5 Å². The van der Waals surface area contributed by atoms with Gasteiger partial charge in [-0.15, -0.1) is 10.2 Å². The first-order valence-electron chi connectivity index (χ1n) is 11.8. The molecule has 2 aromatic carbocycles. The number of carbonyl (C=O) groups excluding carboxylic acids is 1. The van der Waals surface area contributed by atoms with Gasteiger partial charge >= 0.3 is 0 Å². The van der Waals surface area contributed by atoms with E-state index in [2.05, 4.69) is 10.2 Å². The molecule has 9 heteroatoms. The highest BCUT2D eigenvalue weighted by Gasteiger charge is 2.30. The Morgan fingerprint density at radius 3 is 2.46 bits per heavy atom. The number of nitrogens with two attached hydrogens (primary N) is 1. The summed E-state index contributed by atoms with van der Waals surface area (Å²) in [6.45, 7) is 1.82. The van der Waals surface area contributed by atoms with Crippen LogP contribution in [0.2, 0.25) is 0 Å². The zero-order chi connectivity index (χ0) is 25.2. The van der Waals surface area contributed by atoms with Gasteiger partial charge in [-0.3, -0.25) is 9.10 Å². The normalized spacial score (nSPS) is 16.6. The van der Waals surface area contributed by atoms with E-state index in [-0.39, 0.29) is 23.5 Å². The first-order valence-corrected chi connectivity index (χ1v) is 13.7. The van der Waals surface area contributed by atoms with E-state index in [1.165, 1.54) is 7.05 Å². The first-order chi connectivity index (χ1) is 16.5. The molecule has 4 rings (SSSR count). The van der Waals surface area contributed by atoms with Gasteiger partial charge in [-0.1, -0.05) is 49.6 Å². The summed E-state index contributed by atoms with van der Waals surface area (Å²) in [4.78, 5) is 13.3. The summed E-state index contributed by atoms with van der Waals surface area (Å²) in [5.41, 5.74) is 7.95. The van der Waals surface area contributed by atoms with Gasteiger partial charge in [0, 0.05) is 24.1 Å². The van der Waals surface area contributed by atoms with Crippen LogP contribution in [0.3, 0.4) is 0 Å². The fourth-order valence-corrected chi connectivity index (χ4v) is 5.01. The van der Waals surface area contributed by atoms with E-state index in [1.54, 1.807) is 18.2 Å². The summed E-state index contributed by atoms with van der Waals surface area (Å²) in [7, 11) is -2.08. The van der Waals surface area contributed by atoms with Crippen molar-refractivity contribution in [1.29, 1.82) is 0 Å². The molecule has 0 amide bonds. The fraction of sp³-hybridized carbons (Fsp3) is 0.423. The second-order valence-electron chi connectivity index (χ2n) is 9.69.